The minimum atomic E-state index is 0.660. The van der Waals surface area contributed by atoms with Crippen LogP contribution in [-0.4, -0.2) is 9.97 Å². The molecule has 0 radical (unpaired) electrons. The molecule has 0 aliphatic rings. The smallest absolute Gasteiger partial charge is 0.126 e. The van der Waals surface area contributed by atoms with Gasteiger partial charge in [-0.1, -0.05) is 41.4 Å². The average Bonchev–Trinajstić information content (AvgIpc) is 2.39. The van der Waals surface area contributed by atoms with Crippen LogP contribution < -0.4 is 0 Å². The number of benzene rings is 2. The van der Waals surface area contributed by atoms with Gasteiger partial charge in [-0.3, -0.25) is 0 Å². The van der Waals surface area contributed by atoms with Gasteiger partial charge >= 0.3 is 0 Å². The summed E-state index contributed by atoms with van der Waals surface area (Å²) in [6.07, 6.45) is 0. The van der Waals surface area contributed by atoms with Crippen LogP contribution in [0.1, 0.15) is 5.82 Å². The van der Waals surface area contributed by atoms with E-state index < -0.39 is 0 Å². The van der Waals surface area contributed by atoms with E-state index >= 15 is 0 Å². The third-order valence-corrected chi connectivity index (χ3v) is 3.46. The molecule has 0 spiro atoms. The summed E-state index contributed by atoms with van der Waals surface area (Å²) < 4.78 is 0. The Hall–Kier alpha value is -1.64. The highest BCUT2D eigenvalue weighted by molar-refractivity contribution is 6.34. The van der Waals surface area contributed by atoms with Crippen molar-refractivity contribution in [1.82, 2.24) is 9.97 Å². The van der Waals surface area contributed by atoms with Gasteiger partial charge in [0.25, 0.3) is 0 Å². The minimum absolute atomic E-state index is 0.660. The van der Waals surface area contributed by atoms with E-state index in [-0.39, 0.29) is 0 Å². The molecule has 0 fully saturated rings. The maximum Gasteiger partial charge on any atom is 0.126 e. The highest BCUT2D eigenvalue weighted by Gasteiger charge is 2.11. The third-order valence-electron chi connectivity index (χ3n) is 2.90. The lowest BCUT2D eigenvalue weighted by Gasteiger charge is -2.09. The van der Waals surface area contributed by atoms with E-state index in [1.54, 1.807) is 0 Å². The molecule has 1 heterocycles. The molecule has 0 bridgehead atoms. The summed E-state index contributed by atoms with van der Waals surface area (Å²) >= 11 is 12.3. The number of fused-ring (bicyclic) bond motifs is 1. The average molecular weight is 289 g/mol. The van der Waals surface area contributed by atoms with Crippen molar-refractivity contribution in [2.75, 3.05) is 0 Å². The van der Waals surface area contributed by atoms with Crippen molar-refractivity contribution in [2.45, 2.75) is 6.92 Å². The zero-order chi connectivity index (χ0) is 13.4. The highest BCUT2D eigenvalue weighted by atomic mass is 35.5. The van der Waals surface area contributed by atoms with Crippen molar-refractivity contribution >= 4 is 34.1 Å². The van der Waals surface area contributed by atoms with Crippen molar-refractivity contribution in [3.63, 3.8) is 0 Å². The molecule has 94 valence electrons. The van der Waals surface area contributed by atoms with Crippen molar-refractivity contribution < 1.29 is 0 Å². The van der Waals surface area contributed by atoms with Crippen molar-refractivity contribution in [1.29, 1.82) is 0 Å². The maximum atomic E-state index is 6.26. The van der Waals surface area contributed by atoms with E-state index in [9.17, 15) is 0 Å². The molecule has 0 saturated carbocycles. The van der Waals surface area contributed by atoms with Gasteiger partial charge < -0.3 is 0 Å². The molecule has 2 nitrogen and oxygen atoms in total. The molecular formula is C15H10Cl2N2. The predicted molar refractivity (Wildman–Crippen MR) is 79.7 cm³/mol. The first-order valence-corrected chi connectivity index (χ1v) is 6.59. The predicted octanol–water partition coefficient (Wildman–Crippen LogP) is 4.91. The van der Waals surface area contributed by atoms with Gasteiger partial charge in [-0.25, -0.2) is 9.97 Å². The number of rotatable bonds is 1. The quantitative estimate of drug-likeness (QED) is 0.636. The molecular weight excluding hydrogens is 279 g/mol. The first kappa shape index (κ1) is 12.4. The Kier molecular flexibility index (Phi) is 3.13. The number of nitrogens with zero attached hydrogens (tertiary/aromatic N) is 2. The van der Waals surface area contributed by atoms with Crippen molar-refractivity contribution in [3.05, 3.63) is 58.3 Å². The van der Waals surface area contributed by atoms with Crippen LogP contribution in [-0.2, 0) is 0 Å². The number of aromatic nitrogens is 2. The van der Waals surface area contributed by atoms with E-state index in [2.05, 4.69) is 9.97 Å². The Morgan fingerprint density at radius 1 is 0.947 bits per heavy atom. The standard InChI is InChI=1S/C15H10Cl2N2/c1-9-18-14-7-6-10(16)8-12(14)15(19-9)11-4-2-3-5-13(11)17/h2-8H,1H3. The van der Waals surface area contributed by atoms with Crippen LogP contribution in [0.25, 0.3) is 22.2 Å². The summed E-state index contributed by atoms with van der Waals surface area (Å²) in [6.45, 7) is 1.87. The third kappa shape index (κ3) is 2.29. The molecule has 3 aromatic rings. The first-order chi connectivity index (χ1) is 9.15. The number of aryl methyl sites for hydroxylation is 1. The van der Waals surface area contributed by atoms with Crippen LogP contribution in [0.2, 0.25) is 10.0 Å². The second kappa shape index (κ2) is 4.80. The van der Waals surface area contributed by atoms with E-state index in [0.717, 1.165) is 22.2 Å². The highest BCUT2D eigenvalue weighted by Crippen LogP contribution is 2.32. The van der Waals surface area contributed by atoms with Crippen LogP contribution in [0.4, 0.5) is 0 Å². The van der Waals surface area contributed by atoms with Crippen LogP contribution in [0, 0.1) is 6.92 Å². The lowest BCUT2D eigenvalue weighted by atomic mass is 10.1. The molecule has 0 unspecified atom stereocenters. The molecule has 1 aromatic heterocycles. The Morgan fingerprint density at radius 2 is 1.74 bits per heavy atom. The Labute approximate surface area is 121 Å². The lowest BCUT2D eigenvalue weighted by molar-refractivity contribution is 1.10. The van der Waals surface area contributed by atoms with Crippen LogP contribution in [0.15, 0.2) is 42.5 Å². The van der Waals surface area contributed by atoms with Gasteiger partial charge in [-0.15, -0.1) is 0 Å². The van der Waals surface area contributed by atoms with E-state index in [4.69, 9.17) is 23.2 Å². The van der Waals surface area contributed by atoms with Crippen LogP contribution in [0.3, 0.4) is 0 Å². The monoisotopic (exact) mass is 288 g/mol. The first-order valence-electron chi connectivity index (χ1n) is 5.84. The van der Waals surface area contributed by atoms with Gasteiger partial charge in [0.1, 0.15) is 5.82 Å². The van der Waals surface area contributed by atoms with Gasteiger partial charge in [0.05, 0.1) is 11.2 Å². The molecule has 0 aliphatic heterocycles. The fourth-order valence-corrected chi connectivity index (χ4v) is 2.47. The fourth-order valence-electron chi connectivity index (χ4n) is 2.08. The normalized spacial score (nSPS) is 10.9. The van der Waals surface area contributed by atoms with Crippen molar-refractivity contribution in [2.24, 2.45) is 0 Å². The second-order valence-corrected chi connectivity index (χ2v) is 5.10. The fraction of sp³-hybridized carbons (Fsp3) is 0.0667. The SMILES string of the molecule is Cc1nc(-c2ccccc2Cl)c2cc(Cl)ccc2n1. The molecule has 0 atom stereocenters. The lowest BCUT2D eigenvalue weighted by Crippen LogP contribution is -1.94. The van der Waals surface area contributed by atoms with Gasteiger partial charge in [0, 0.05) is 21.0 Å². The molecule has 0 N–H and O–H groups in total. The van der Waals surface area contributed by atoms with E-state index in [1.165, 1.54) is 0 Å². The zero-order valence-corrected chi connectivity index (χ0v) is 11.7. The molecule has 0 amide bonds. The summed E-state index contributed by atoms with van der Waals surface area (Å²) in [7, 11) is 0. The summed E-state index contributed by atoms with van der Waals surface area (Å²) in [4.78, 5) is 8.94. The summed E-state index contributed by atoms with van der Waals surface area (Å²) in [5, 5.41) is 2.24. The Balaban J connectivity index is 2.40. The summed E-state index contributed by atoms with van der Waals surface area (Å²) in [5.74, 6) is 0.713. The summed E-state index contributed by atoms with van der Waals surface area (Å²) in [6, 6.07) is 13.2. The Bertz CT molecular complexity index is 769. The van der Waals surface area contributed by atoms with Crippen LogP contribution in [0.5, 0.6) is 0 Å². The molecule has 19 heavy (non-hydrogen) atoms. The van der Waals surface area contributed by atoms with E-state index in [1.807, 2.05) is 49.4 Å². The zero-order valence-electron chi connectivity index (χ0n) is 10.2. The van der Waals surface area contributed by atoms with Gasteiger partial charge in [-0.05, 0) is 31.2 Å². The van der Waals surface area contributed by atoms with Gasteiger partial charge in [-0.2, -0.15) is 0 Å². The number of hydrogen-bond acceptors (Lipinski definition) is 2. The van der Waals surface area contributed by atoms with Gasteiger partial charge in [0.2, 0.25) is 0 Å². The van der Waals surface area contributed by atoms with Crippen molar-refractivity contribution in [3.8, 4) is 11.3 Å². The number of hydrogen-bond donors (Lipinski definition) is 0. The molecule has 2 aromatic carbocycles. The minimum Gasteiger partial charge on any atom is -0.233 e. The largest absolute Gasteiger partial charge is 0.233 e. The summed E-state index contributed by atoms with van der Waals surface area (Å²) in [5.41, 5.74) is 2.57. The maximum absolute atomic E-state index is 6.26. The number of halogens is 2. The van der Waals surface area contributed by atoms with Gasteiger partial charge in [0.15, 0.2) is 0 Å². The second-order valence-electron chi connectivity index (χ2n) is 4.26. The molecule has 4 heteroatoms. The molecule has 0 saturated heterocycles. The Morgan fingerprint density at radius 3 is 2.53 bits per heavy atom. The topological polar surface area (TPSA) is 25.8 Å². The van der Waals surface area contributed by atoms with E-state index in [0.29, 0.717) is 15.9 Å². The van der Waals surface area contributed by atoms with Crippen LogP contribution >= 0.6 is 23.2 Å². The molecule has 3 rings (SSSR count). The molecule has 0 aliphatic carbocycles.